The molecular formula is C16H17N5O. The maximum Gasteiger partial charge on any atom is 0.149 e. The van der Waals surface area contributed by atoms with Crippen LogP contribution in [-0.2, 0) is 4.74 Å². The summed E-state index contributed by atoms with van der Waals surface area (Å²) >= 11 is 0. The van der Waals surface area contributed by atoms with E-state index in [9.17, 15) is 0 Å². The first kappa shape index (κ1) is 15.2. The number of rotatable bonds is 7. The Balaban J connectivity index is 2.24. The quantitative estimate of drug-likeness (QED) is 0.468. The number of H-pyrrole nitrogens is 1. The van der Waals surface area contributed by atoms with Gasteiger partial charge in [0, 0.05) is 24.0 Å². The Morgan fingerprint density at radius 1 is 1.45 bits per heavy atom. The summed E-state index contributed by atoms with van der Waals surface area (Å²) in [5.41, 5.74) is 1.75. The van der Waals surface area contributed by atoms with Crippen molar-refractivity contribution in [2.75, 3.05) is 7.11 Å². The smallest absolute Gasteiger partial charge is 0.149 e. The molecule has 0 fully saturated rings. The number of methoxy groups -OCH3 is 1. The lowest BCUT2D eigenvalue weighted by Crippen LogP contribution is -1.93. The van der Waals surface area contributed by atoms with E-state index in [1.807, 2.05) is 24.4 Å². The van der Waals surface area contributed by atoms with Crippen molar-refractivity contribution in [3.63, 3.8) is 0 Å². The van der Waals surface area contributed by atoms with Gasteiger partial charge < -0.3 is 10.1 Å². The molecule has 6 heteroatoms. The summed E-state index contributed by atoms with van der Waals surface area (Å²) in [6.07, 6.45) is 15.3. The largest absolute Gasteiger partial charge is 0.497 e. The molecule has 0 saturated heterocycles. The molecule has 2 rings (SSSR count). The zero-order valence-electron chi connectivity index (χ0n) is 12.2. The first-order chi connectivity index (χ1) is 10.8. The molecule has 0 amide bonds. The van der Waals surface area contributed by atoms with Crippen LogP contribution >= 0.6 is 0 Å². The van der Waals surface area contributed by atoms with Gasteiger partial charge in [-0.1, -0.05) is 18.7 Å². The molecule has 0 bridgehead atoms. The number of hydrogen-bond donors (Lipinski definition) is 2. The van der Waals surface area contributed by atoms with Crippen molar-refractivity contribution < 1.29 is 4.74 Å². The highest BCUT2D eigenvalue weighted by Crippen LogP contribution is 2.16. The van der Waals surface area contributed by atoms with E-state index in [0.717, 1.165) is 17.0 Å². The van der Waals surface area contributed by atoms with Gasteiger partial charge >= 0.3 is 0 Å². The van der Waals surface area contributed by atoms with Gasteiger partial charge in [-0.25, -0.2) is 4.68 Å². The number of nitrogens with zero attached hydrogens (tertiary/aromatic N) is 3. The molecule has 0 spiro atoms. The third kappa shape index (κ3) is 3.69. The normalized spacial score (nSPS) is 12.6. The first-order valence-electron chi connectivity index (χ1n) is 6.59. The van der Waals surface area contributed by atoms with Crippen molar-refractivity contribution in [3.8, 4) is 5.82 Å². The summed E-state index contributed by atoms with van der Waals surface area (Å²) in [6.45, 7) is 3.66. The van der Waals surface area contributed by atoms with Crippen molar-refractivity contribution in [2.24, 2.45) is 0 Å². The lowest BCUT2D eigenvalue weighted by molar-refractivity contribution is 0.307. The summed E-state index contributed by atoms with van der Waals surface area (Å²) in [7, 11) is 1.59. The Labute approximate surface area is 128 Å². The predicted molar refractivity (Wildman–Crippen MR) is 86.9 cm³/mol. The molecule has 2 aromatic rings. The van der Waals surface area contributed by atoms with Gasteiger partial charge in [-0.3, -0.25) is 5.10 Å². The fourth-order valence-corrected chi connectivity index (χ4v) is 1.78. The van der Waals surface area contributed by atoms with Crippen molar-refractivity contribution in [1.29, 1.82) is 5.41 Å². The molecule has 0 radical (unpaired) electrons. The molecule has 6 nitrogen and oxygen atoms in total. The van der Waals surface area contributed by atoms with Crippen LogP contribution in [0.15, 0.2) is 67.4 Å². The molecule has 22 heavy (non-hydrogen) atoms. The Kier molecular flexibility index (Phi) is 5.25. The van der Waals surface area contributed by atoms with E-state index < -0.39 is 0 Å². The molecule has 0 aromatic carbocycles. The highest BCUT2D eigenvalue weighted by molar-refractivity contribution is 5.87. The van der Waals surface area contributed by atoms with Gasteiger partial charge in [0.05, 0.1) is 19.5 Å². The Morgan fingerprint density at radius 3 is 2.95 bits per heavy atom. The second-order valence-electron chi connectivity index (χ2n) is 4.24. The van der Waals surface area contributed by atoms with Crippen LogP contribution < -0.4 is 0 Å². The van der Waals surface area contributed by atoms with E-state index >= 15 is 0 Å². The fourth-order valence-electron chi connectivity index (χ4n) is 1.78. The third-order valence-corrected chi connectivity index (χ3v) is 2.88. The Morgan fingerprint density at radius 2 is 2.32 bits per heavy atom. The minimum Gasteiger partial charge on any atom is -0.497 e. The van der Waals surface area contributed by atoms with Crippen molar-refractivity contribution in [2.45, 2.75) is 0 Å². The molecule has 2 heterocycles. The molecule has 0 atom stereocenters. The Bertz CT molecular complexity index is 720. The van der Waals surface area contributed by atoms with Crippen molar-refractivity contribution >= 4 is 11.8 Å². The van der Waals surface area contributed by atoms with Gasteiger partial charge in [-0.05, 0) is 23.8 Å². The van der Waals surface area contributed by atoms with E-state index in [0.29, 0.717) is 5.76 Å². The minimum atomic E-state index is 0.665. The molecule has 0 unspecified atom stereocenters. The number of ether oxygens (including phenoxy) is 1. The highest BCUT2D eigenvalue weighted by Gasteiger charge is 2.04. The van der Waals surface area contributed by atoms with Gasteiger partial charge in [0.25, 0.3) is 0 Å². The zero-order chi connectivity index (χ0) is 15.8. The zero-order valence-corrected chi connectivity index (χ0v) is 12.2. The molecule has 0 aliphatic rings. The van der Waals surface area contributed by atoms with E-state index in [2.05, 4.69) is 21.9 Å². The fraction of sp³-hybridized carbons (Fsp3) is 0.0625. The second-order valence-corrected chi connectivity index (χ2v) is 4.24. The average Bonchev–Trinajstić information content (AvgIpc) is 3.21. The van der Waals surface area contributed by atoms with E-state index in [1.165, 1.54) is 6.21 Å². The summed E-state index contributed by atoms with van der Waals surface area (Å²) < 4.78 is 6.79. The first-order valence-corrected chi connectivity index (χ1v) is 6.59. The van der Waals surface area contributed by atoms with Gasteiger partial charge in [0.15, 0.2) is 0 Å². The SMILES string of the molecule is C=C\C(=C/C=C/C(=C/C=N)c1cnn(-c2ccn[nH]2)c1)OC. The monoisotopic (exact) mass is 295 g/mol. The molecule has 112 valence electrons. The number of hydrogen-bond acceptors (Lipinski definition) is 4. The van der Waals surface area contributed by atoms with Crippen LogP contribution in [0.4, 0.5) is 0 Å². The van der Waals surface area contributed by atoms with Crippen LogP contribution in [0, 0.1) is 5.41 Å². The summed E-state index contributed by atoms with van der Waals surface area (Å²) in [5.74, 6) is 1.44. The summed E-state index contributed by atoms with van der Waals surface area (Å²) in [6, 6.07) is 1.82. The van der Waals surface area contributed by atoms with Crippen molar-refractivity contribution in [1.82, 2.24) is 20.0 Å². The average molecular weight is 295 g/mol. The molecule has 0 aliphatic carbocycles. The second kappa shape index (κ2) is 7.58. The lowest BCUT2D eigenvalue weighted by Gasteiger charge is -1.98. The molecule has 2 aromatic heterocycles. The molecule has 0 aliphatic heterocycles. The van der Waals surface area contributed by atoms with E-state index in [1.54, 1.807) is 42.4 Å². The van der Waals surface area contributed by atoms with Crippen LogP contribution in [0.5, 0.6) is 0 Å². The molecular weight excluding hydrogens is 278 g/mol. The van der Waals surface area contributed by atoms with Gasteiger partial charge in [-0.15, -0.1) is 0 Å². The van der Waals surface area contributed by atoms with Gasteiger partial charge in [-0.2, -0.15) is 10.2 Å². The minimum absolute atomic E-state index is 0.665. The molecule has 0 saturated carbocycles. The number of aromatic amines is 1. The van der Waals surface area contributed by atoms with Crippen LogP contribution in [0.3, 0.4) is 0 Å². The number of allylic oxidation sites excluding steroid dienone is 6. The standard InChI is InChI=1S/C16H17N5O/c1-3-15(22-2)6-4-5-13(7-9-17)14-11-19-21(12-14)16-8-10-18-20-16/h3-12,17H,1H2,2H3,(H,18,20)/b5-4+,13-7-,15-6+,17-9?. The Hall–Kier alpha value is -3.15. The van der Waals surface area contributed by atoms with Gasteiger partial charge in [0.1, 0.15) is 11.6 Å². The topological polar surface area (TPSA) is 79.6 Å². The molecule has 2 N–H and O–H groups in total. The lowest BCUT2D eigenvalue weighted by atomic mass is 10.1. The van der Waals surface area contributed by atoms with E-state index in [4.69, 9.17) is 10.1 Å². The van der Waals surface area contributed by atoms with Crippen molar-refractivity contribution in [3.05, 3.63) is 72.9 Å². The number of nitrogens with one attached hydrogen (secondary N) is 2. The third-order valence-electron chi connectivity index (χ3n) is 2.88. The van der Waals surface area contributed by atoms with Crippen LogP contribution in [0.25, 0.3) is 11.4 Å². The number of aromatic nitrogens is 4. The maximum absolute atomic E-state index is 7.29. The van der Waals surface area contributed by atoms with Crippen LogP contribution in [0.1, 0.15) is 5.56 Å². The maximum atomic E-state index is 7.29. The van der Waals surface area contributed by atoms with Crippen LogP contribution in [-0.4, -0.2) is 33.3 Å². The predicted octanol–water partition coefficient (Wildman–Crippen LogP) is 2.90. The van der Waals surface area contributed by atoms with E-state index in [-0.39, 0.29) is 0 Å². The summed E-state index contributed by atoms with van der Waals surface area (Å²) in [4.78, 5) is 0. The van der Waals surface area contributed by atoms with Gasteiger partial charge in [0.2, 0.25) is 0 Å². The highest BCUT2D eigenvalue weighted by atomic mass is 16.5. The summed E-state index contributed by atoms with van der Waals surface area (Å²) in [5, 5.41) is 18.3. The van der Waals surface area contributed by atoms with Crippen LogP contribution in [0.2, 0.25) is 0 Å².